The number of nitrogens with one attached hydrogen (secondary N) is 1. The van der Waals surface area contributed by atoms with Gasteiger partial charge in [0.1, 0.15) is 0 Å². The topological polar surface area (TPSA) is 75.4 Å². The molecule has 0 unspecified atom stereocenters. The number of nitrogens with zero attached hydrogens (tertiary/aromatic N) is 1. The van der Waals surface area contributed by atoms with Crippen molar-refractivity contribution < 1.29 is 9.59 Å². The molecule has 0 spiro atoms. The number of likely N-dealkylation sites (N-methyl/N-ethyl adjacent to an activating group) is 1. The smallest absolute Gasteiger partial charge is 0.251 e. The lowest BCUT2D eigenvalue weighted by molar-refractivity contribution is -0.131. The zero-order valence-electron chi connectivity index (χ0n) is 12.8. The Morgan fingerprint density at radius 2 is 1.95 bits per heavy atom. The third kappa shape index (κ3) is 5.40. The van der Waals surface area contributed by atoms with Crippen LogP contribution in [-0.4, -0.2) is 48.9 Å². The molecule has 0 aromatic heterocycles. The van der Waals surface area contributed by atoms with Crippen molar-refractivity contribution >= 4 is 23.6 Å². The van der Waals surface area contributed by atoms with Crippen molar-refractivity contribution in [2.75, 3.05) is 26.1 Å². The molecule has 0 aliphatic carbocycles. The normalized spacial score (nSPS) is 11.8. The molecule has 0 saturated carbocycles. The lowest BCUT2D eigenvalue weighted by Crippen LogP contribution is -2.41. The monoisotopic (exact) mass is 309 g/mol. The van der Waals surface area contributed by atoms with Gasteiger partial charge in [0.2, 0.25) is 5.91 Å². The average Bonchev–Trinajstić information content (AvgIpc) is 2.51. The minimum atomic E-state index is -0.451. The van der Waals surface area contributed by atoms with Gasteiger partial charge in [0.25, 0.3) is 5.91 Å². The highest BCUT2D eigenvalue weighted by molar-refractivity contribution is 7.98. The van der Waals surface area contributed by atoms with E-state index in [1.807, 2.05) is 18.4 Å². The second-order valence-electron chi connectivity index (χ2n) is 4.86. The molecule has 116 valence electrons. The molecule has 0 bridgehead atoms. The van der Waals surface area contributed by atoms with Crippen LogP contribution in [0.5, 0.6) is 0 Å². The Morgan fingerprint density at radius 3 is 2.48 bits per heavy atom. The first-order valence-electron chi connectivity index (χ1n) is 6.80. The maximum absolute atomic E-state index is 12.1. The van der Waals surface area contributed by atoms with E-state index in [0.717, 1.165) is 11.3 Å². The van der Waals surface area contributed by atoms with E-state index in [0.29, 0.717) is 18.5 Å². The summed E-state index contributed by atoms with van der Waals surface area (Å²) in [6, 6.07) is 6.75. The molecular formula is C15H23N3O2S. The third-order valence-corrected chi connectivity index (χ3v) is 3.83. The summed E-state index contributed by atoms with van der Waals surface area (Å²) in [5.74, 6) is 0.700. The molecule has 3 N–H and O–H groups in total. The van der Waals surface area contributed by atoms with Crippen molar-refractivity contribution in [1.82, 2.24) is 10.2 Å². The van der Waals surface area contributed by atoms with Crippen molar-refractivity contribution in [3.63, 3.8) is 0 Å². The second-order valence-corrected chi connectivity index (χ2v) is 5.84. The van der Waals surface area contributed by atoms with Gasteiger partial charge in [-0.3, -0.25) is 9.59 Å². The number of amides is 2. The maximum atomic E-state index is 12.1. The highest BCUT2D eigenvalue weighted by Gasteiger charge is 2.17. The molecule has 0 saturated heterocycles. The molecule has 6 heteroatoms. The van der Waals surface area contributed by atoms with Gasteiger partial charge in [-0.05, 0) is 36.1 Å². The van der Waals surface area contributed by atoms with E-state index in [9.17, 15) is 9.59 Å². The van der Waals surface area contributed by atoms with Crippen LogP contribution in [0.1, 0.15) is 22.3 Å². The molecule has 0 fully saturated rings. The Bertz CT molecular complexity index is 476. The number of carbonyl (C=O) groups excluding carboxylic acids is 2. The lowest BCUT2D eigenvalue weighted by Gasteiger charge is -2.21. The first kappa shape index (κ1) is 17.5. The van der Waals surface area contributed by atoms with Crippen LogP contribution in [0.25, 0.3) is 0 Å². The fourth-order valence-electron chi connectivity index (χ4n) is 1.91. The van der Waals surface area contributed by atoms with Gasteiger partial charge < -0.3 is 16.0 Å². The summed E-state index contributed by atoms with van der Waals surface area (Å²) >= 11 is 1.68. The molecule has 0 heterocycles. The average molecular weight is 309 g/mol. The number of rotatable bonds is 7. The third-order valence-electron chi connectivity index (χ3n) is 3.19. The van der Waals surface area contributed by atoms with Crippen molar-refractivity contribution in [1.29, 1.82) is 0 Å². The SMILES string of the molecule is CNC(=O)c1ccc(CN(C)C(=O)[C@H](N)CCSC)cc1. The fourth-order valence-corrected chi connectivity index (χ4v) is 2.40. The number of hydrogen-bond acceptors (Lipinski definition) is 4. The van der Waals surface area contributed by atoms with Gasteiger partial charge in [-0.25, -0.2) is 0 Å². The van der Waals surface area contributed by atoms with E-state index in [2.05, 4.69) is 5.32 Å². The van der Waals surface area contributed by atoms with Gasteiger partial charge in [0.05, 0.1) is 6.04 Å². The van der Waals surface area contributed by atoms with Crippen molar-refractivity contribution in [3.05, 3.63) is 35.4 Å². The molecule has 0 aliphatic rings. The molecular weight excluding hydrogens is 286 g/mol. The predicted molar refractivity (Wildman–Crippen MR) is 87.3 cm³/mol. The molecule has 1 aromatic rings. The van der Waals surface area contributed by atoms with E-state index in [-0.39, 0.29) is 11.8 Å². The molecule has 1 atom stereocenters. The Balaban J connectivity index is 2.59. The number of benzene rings is 1. The zero-order chi connectivity index (χ0) is 15.8. The van der Waals surface area contributed by atoms with Crippen LogP contribution < -0.4 is 11.1 Å². The molecule has 2 amide bonds. The van der Waals surface area contributed by atoms with Crippen LogP contribution in [0.3, 0.4) is 0 Å². The summed E-state index contributed by atoms with van der Waals surface area (Å²) in [6.07, 6.45) is 2.68. The maximum Gasteiger partial charge on any atom is 0.251 e. The molecule has 5 nitrogen and oxygen atoms in total. The Labute approximate surface area is 130 Å². The van der Waals surface area contributed by atoms with E-state index >= 15 is 0 Å². The van der Waals surface area contributed by atoms with Gasteiger partial charge in [-0.2, -0.15) is 11.8 Å². The van der Waals surface area contributed by atoms with Crippen LogP contribution >= 0.6 is 11.8 Å². The van der Waals surface area contributed by atoms with Crippen LogP contribution in [0.15, 0.2) is 24.3 Å². The van der Waals surface area contributed by atoms with E-state index in [4.69, 9.17) is 5.73 Å². The largest absolute Gasteiger partial charge is 0.355 e. The second kappa shape index (κ2) is 8.69. The molecule has 21 heavy (non-hydrogen) atoms. The van der Waals surface area contributed by atoms with Crippen LogP contribution in [0, 0.1) is 0 Å². The van der Waals surface area contributed by atoms with Crippen LogP contribution in [0.2, 0.25) is 0 Å². The first-order valence-corrected chi connectivity index (χ1v) is 8.19. The molecule has 0 radical (unpaired) electrons. The number of thioether (sulfide) groups is 1. The number of hydrogen-bond donors (Lipinski definition) is 2. The Kier molecular flexibility index (Phi) is 7.25. The Morgan fingerprint density at radius 1 is 1.33 bits per heavy atom. The van der Waals surface area contributed by atoms with Gasteiger partial charge in [0.15, 0.2) is 0 Å². The minimum absolute atomic E-state index is 0.0561. The number of nitrogens with two attached hydrogens (primary N) is 1. The summed E-state index contributed by atoms with van der Waals surface area (Å²) in [4.78, 5) is 25.2. The Hall–Kier alpha value is -1.53. The summed E-state index contributed by atoms with van der Waals surface area (Å²) in [5, 5.41) is 2.57. The summed E-state index contributed by atoms with van der Waals surface area (Å²) in [7, 11) is 3.34. The summed E-state index contributed by atoms with van der Waals surface area (Å²) in [5.41, 5.74) is 7.45. The molecule has 0 aliphatic heterocycles. The number of carbonyl (C=O) groups is 2. The van der Waals surface area contributed by atoms with Crippen LogP contribution in [-0.2, 0) is 11.3 Å². The van der Waals surface area contributed by atoms with Crippen molar-refractivity contribution in [3.8, 4) is 0 Å². The summed E-state index contributed by atoms with van der Waals surface area (Å²) < 4.78 is 0. The van der Waals surface area contributed by atoms with E-state index < -0.39 is 6.04 Å². The van der Waals surface area contributed by atoms with Crippen molar-refractivity contribution in [2.45, 2.75) is 19.0 Å². The molecule has 1 rings (SSSR count). The van der Waals surface area contributed by atoms with Gasteiger partial charge >= 0.3 is 0 Å². The lowest BCUT2D eigenvalue weighted by atomic mass is 10.1. The van der Waals surface area contributed by atoms with Gasteiger partial charge in [-0.15, -0.1) is 0 Å². The van der Waals surface area contributed by atoms with Crippen LogP contribution in [0.4, 0.5) is 0 Å². The molecule has 1 aromatic carbocycles. The van der Waals surface area contributed by atoms with Crippen molar-refractivity contribution in [2.24, 2.45) is 5.73 Å². The minimum Gasteiger partial charge on any atom is -0.355 e. The zero-order valence-corrected chi connectivity index (χ0v) is 13.6. The van der Waals surface area contributed by atoms with E-state index in [1.54, 1.807) is 42.9 Å². The fraction of sp³-hybridized carbons (Fsp3) is 0.467. The van der Waals surface area contributed by atoms with E-state index in [1.165, 1.54) is 0 Å². The first-order chi connectivity index (χ1) is 9.99. The quantitative estimate of drug-likeness (QED) is 0.790. The predicted octanol–water partition coefficient (Wildman–Crippen LogP) is 1.08. The summed E-state index contributed by atoms with van der Waals surface area (Å²) in [6.45, 7) is 0.486. The highest BCUT2D eigenvalue weighted by Crippen LogP contribution is 2.09. The highest BCUT2D eigenvalue weighted by atomic mass is 32.2. The standard InChI is InChI=1S/C15H23N3O2S/c1-17-14(19)12-6-4-11(5-7-12)10-18(2)15(20)13(16)8-9-21-3/h4-7,13H,8-10,16H2,1-3H3,(H,17,19)/t13-/m1/s1. The van der Waals surface area contributed by atoms with Gasteiger partial charge in [0, 0.05) is 26.2 Å². The van der Waals surface area contributed by atoms with Gasteiger partial charge in [-0.1, -0.05) is 12.1 Å².